The topological polar surface area (TPSA) is 27.3 Å². The van der Waals surface area contributed by atoms with E-state index < -0.39 is 0 Å². The maximum absolute atomic E-state index is 3.97. The highest BCUT2D eigenvalue weighted by molar-refractivity contribution is 4.92. The Hall–Kier alpha value is -0.120. The lowest BCUT2D eigenvalue weighted by molar-refractivity contribution is 0.181. The summed E-state index contributed by atoms with van der Waals surface area (Å²) in [6, 6.07) is 1.60. The lowest BCUT2D eigenvalue weighted by Crippen LogP contribution is -2.48. The fourth-order valence-corrected chi connectivity index (χ4v) is 4.79. The van der Waals surface area contributed by atoms with Crippen LogP contribution in [0.15, 0.2) is 0 Å². The van der Waals surface area contributed by atoms with Gasteiger partial charge >= 0.3 is 0 Å². The molecule has 0 radical (unpaired) electrons. The first-order valence-electron chi connectivity index (χ1n) is 9.56. The molecular formula is C18H35N3. The maximum Gasteiger partial charge on any atom is 0.0110 e. The summed E-state index contributed by atoms with van der Waals surface area (Å²) in [4.78, 5) is 2.60. The minimum Gasteiger partial charge on any atom is -0.314 e. The average Bonchev–Trinajstić information content (AvgIpc) is 3.03. The predicted molar refractivity (Wildman–Crippen MR) is 89.6 cm³/mol. The van der Waals surface area contributed by atoms with Crippen molar-refractivity contribution in [3.8, 4) is 0 Å². The highest BCUT2D eigenvalue weighted by Crippen LogP contribution is 2.32. The minimum atomic E-state index is 0.796. The molecule has 0 bridgehead atoms. The second-order valence-electron chi connectivity index (χ2n) is 7.54. The fourth-order valence-electron chi connectivity index (χ4n) is 4.79. The average molecular weight is 293 g/mol. The van der Waals surface area contributed by atoms with Gasteiger partial charge in [-0.3, -0.25) is 0 Å². The summed E-state index contributed by atoms with van der Waals surface area (Å²) in [5.74, 6) is 1.83. The van der Waals surface area contributed by atoms with Crippen molar-refractivity contribution >= 4 is 0 Å². The molecule has 0 amide bonds. The predicted octanol–water partition coefficient (Wildman–Crippen LogP) is 2.62. The van der Waals surface area contributed by atoms with Gasteiger partial charge < -0.3 is 15.5 Å². The largest absolute Gasteiger partial charge is 0.314 e. The lowest BCUT2D eigenvalue weighted by atomic mass is 9.87. The minimum absolute atomic E-state index is 0.796. The second kappa shape index (κ2) is 7.94. The highest BCUT2D eigenvalue weighted by Gasteiger charge is 2.34. The van der Waals surface area contributed by atoms with Crippen LogP contribution in [0.1, 0.15) is 58.3 Å². The molecule has 0 aromatic rings. The quantitative estimate of drug-likeness (QED) is 0.816. The van der Waals surface area contributed by atoms with Gasteiger partial charge in [0.15, 0.2) is 0 Å². The Morgan fingerprint density at radius 2 is 1.86 bits per heavy atom. The van der Waals surface area contributed by atoms with Crippen LogP contribution >= 0.6 is 0 Å². The smallest absolute Gasteiger partial charge is 0.0110 e. The van der Waals surface area contributed by atoms with E-state index in [0.717, 1.165) is 23.9 Å². The van der Waals surface area contributed by atoms with Crippen LogP contribution in [-0.4, -0.2) is 49.7 Å². The van der Waals surface area contributed by atoms with Crippen LogP contribution in [0.25, 0.3) is 0 Å². The van der Waals surface area contributed by atoms with E-state index in [9.17, 15) is 0 Å². The van der Waals surface area contributed by atoms with E-state index in [0.29, 0.717) is 0 Å². The Bertz CT molecular complexity index is 293. The van der Waals surface area contributed by atoms with Gasteiger partial charge in [-0.1, -0.05) is 19.8 Å². The zero-order chi connectivity index (χ0) is 14.5. The van der Waals surface area contributed by atoms with Crippen LogP contribution in [0.3, 0.4) is 0 Å². The Labute approximate surface area is 131 Å². The van der Waals surface area contributed by atoms with Crippen LogP contribution in [0.5, 0.6) is 0 Å². The van der Waals surface area contributed by atoms with Crippen molar-refractivity contribution in [3.05, 3.63) is 0 Å². The van der Waals surface area contributed by atoms with Gasteiger partial charge in [-0.15, -0.1) is 0 Å². The Kier molecular flexibility index (Phi) is 5.96. The van der Waals surface area contributed by atoms with E-state index >= 15 is 0 Å². The second-order valence-corrected chi connectivity index (χ2v) is 7.54. The first-order valence-corrected chi connectivity index (χ1v) is 9.56. The first-order chi connectivity index (χ1) is 10.4. The third kappa shape index (κ3) is 4.20. The number of hydrogen-bond acceptors (Lipinski definition) is 3. The molecule has 2 heterocycles. The molecule has 122 valence electrons. The van der Waals surface area contributed by atoms with E-state index in [1.807, 2.05) is 0 Å². The van der Waals surface area contributed by atoms with Crippen LogP contribution in [0.4, 0.5) is 0 Å². The lowest BCUT2D eigenvalue weighted by Gasteiger charge is -2.35. The maximum atomic E-state index is 3.97. The molecule has 21 heavy (non-hydrogen) atoms. The summed E-state index contributed by atoms with van der Waals surface area (Å²) >= 11 is 0. The van der Waals surface area contributed by atoms with Gasteiger partial charge in [0.25, 0.3) is 0 Å². The molecule has 3 atom stereocenters. The monoisotopic (exact) mass is 293 g/mol. The van der Waals surface area contributed by atoms with Crippen molar-refractivity contribution in [2.75, 3.05) is 32.7 Å². The first kappa shape index (κ1) is 15.8. The molecule has 3 fully saturated rings. The van der Waals surface area contributed by atoms with E-state index in [2.05, 4.69) is 22.5 Å². The van der Waals surface area contributed by atoms with Gasteiger partial charge in [0.1, 0.15) is 0 Å². The van der Waals surface area contributed by atoms with Gasteiger partial charge in [0.2, 0.25) is 0 Å². The number of likely N-dealkylation sites (tertiary alicyclic amines) is 1. The molecule has 0 aromatic carbocycles. The van der Waals surface area contributed by atoms with Crippen molar-refractivity contribution in [1.29, 1.82) is 0 Å². The van der Waals surface area contributed by atoms with Gasteiger partial charge in [-0.05, 0) is 83.1 Å². The van der Waals surface area contributed by atoms with E-state index in [4.69, 9.17) is 0 Å². The SMILES string of the molecule is CCN1CCC(CNC2CCCC2C2CCCCN2)CC1. The van der Waals surface area contributed by atoms with Crippen LogP contribution in [0.2, 0.25) is 0 Å². The van der Waals surface area contributed by atoms with E-state index in [1.54, 1.807) is 0 Å². The molecule has 2 N–H and O–H groups in total. The zero-order valence-electron chi connectivity index (χ0n) is 13.9. The van der Waals surface area contributed by atoms with Gasteiger partial charge in [0.05, 0.1) is 0 Å². The summed E-state index contributed by atoms with van der Waals surface area (Å²) < 4.78 is 0. The summed E-state index contributed by atoms with van der Waals surface area (Å²) in [7, 11) is 0. The number of hydrogen-bond donors (Lipinski definition) is 2. The molecule has 3 rings (SSSR count). The zero-order valence-corrected chi connectivity index (χ0v) is 13.9. The normalized spacial score (nSPS) is 36.1. The summed E-state index contributed by atoms with van der Waals surface area (Å²) in [6.45, 7) is 8.69. The molecule has 3 heteroatoms. The Morgan fingerprint density at radius 1 is 1.00 bits per heavy atom. The molecular weight excluding hydrogens is 258 g/mol. The molecule has 0 spiro atoms. The molecule has 1 aliphatic carbocycles. The van der Waals surface area contributed by atoms with Gasteiger partial charge in [0, 0.05) is 12.1 Å². The fraction of sp³-hybridized carbons (Fsp3) is 1.00. The molecule has 3 nitrogen and oxygen atoms in total. The van der Waals surface area contributed by atoms with Crippen molar-refractivity contribution in [1.82, 2.24) is 15.5 Å². The molecule has 2 saturated heterocycles. The standard InChI is InChI=1S/C18H35N3/c1-2-21-12-9-15(10-13-21)14-20-18-8-5-6-16(18)17-7-3-4-11-19-17/h15-20H,2-14H2,1H3. The summed E-state index contributed by atoms with van der Waals surface area (Å²) in [5.41, 5.74) is 0. The molecule has 3 aliphatic rings. The van der Waals surface area contributed by atoms with Crippen molar-refractivity contribution in [2.45, 2.75) is 70.4 Å². The summed E-state index contributed by atoms with van der Waals surface area (Å²) in [5, 5.41) is 7.77. The van der Waals surface area contributed by atoms with Gasteiger partial charge in [-0.2, -0.15) is 0 Å². The molecule has 1 saturated carbocycles. The van der Waals surface area contributed by atoms with E-state index in [1.165, 1.54) is 84.1 Å². The van der Waals surface area contributed by atoms with Crippen molar-refractivity contribution < 1.29 is 0 Å². The molecule has 0 aromatic heterocycles. The van der Waals surface area contributed by atoms with Crippen LogP contribution in [-0.2, 0) is 0 Å². The Morgan fingerprint density at radius 3 is 2.57 bits per heavy atom. The third-order valence-corrected chi connectivity index (χ3v) is 6.26. The third-order valence-electron chi connectivity index (χ3n) is 6.26. The number of nitrogens with one attached hydrogen (secondary N) is 2. The van der Waals surface area contributed by atoms with E-state index in [-0.39, 0.29) is 0 Å². The Balaban J connectivity index is 1.41. The van der Waals surface area contributed by atoms with Gasteiger partial charge in [-0.25, -0.2) is 0 Å². The van der Waals surface area contributed by atoms with Crippen molar-refractivity contribution in [2.24, 2.45) is 11.8 Å². The van der Waals surface area contributed by atoms with Crippen molar-refractivity contribution in [3.63, 3.8) is 0 Å². The molecule has 3 unspecified atom stereocenters. The molecule has 2 aliphatic heterocycles. The highest BCUT2D eigenvalue weighted by atomic mass is 15.1. The van der Waals surface area contributed by atoms with Crippen LogP contribution < -0.4 is 10.6 Å². The number of rotatable bonds is 5. The number of piperidine rings is 2. The number of nitrogens with zero attached hydrogens (tertiary/aromatic N) is 1. The summed E-state index contributed by atoms with van der Waals surface area (Å²) in [6.07, 6.45) is 11.3. The van der Waals surface area contributed by atoms with Crippen LogP contribution in [0, 0.1) is 11.8 Å².